The number of carbonyl (C=O) groups excluding carboxylic acids is 1. The number of methoxy groups -OCH3 is 2. The zero-order chi connectivity index (χ0) is 17.6. The van der Waals surface area contributed by atoms with Gasteiger partial charge >= 0.3 is 0 Å². The average molecular weight is 340 g/mol. The molecule has 6 heteroatoms. The van der Waals surface area contributed by atoms with Crippen LogP contribution in [0.5, 0.6) is 11.5 Å². The summed E-state index contributed by atoms with van der Waals surface area (Å²) >= 11 is 0. The Bertz CT molecular complexity index is 789. The topological polar surface area (TPSA) is 69.2 Å². The Labute approximate surface area is 146 Å². The van der Waals surface area contributed by atoms with Crippen LogP contribution in [0.25, 0.3) is 0 Å². The predicted octanol–water partition coefficient (Wildman–Crippen LogP) is 2.47. The summed E-state index contributed by atoms with van der Waals surface area (Å²) < 4.78 is 16.0. The molecule has 6 nitrogen and oxygen atoms in total. The molecule has 0 aromatic heterocycles. The molecule has 1 aliphatic heterocycles. The monoisotopic (exact) mass is 340 g/mol. The van der Waals surface area contributed by atoms with Crippen molar-refractivity contribution in [3.8, 4) is 11.5 Å². The molecule has 1 atom stereocenters. The van der Waals surface area contributed by atoms with Crippen LogP contribution in [-0.4, -0.2) is 32.9 Å². The summed E-state index contributed by atoms with van der Waals surface area (Å²) in [5.74, 6) is 0.946. The summed E-state index contributed by atoms with van der Waals surface area (Å²) in [6.45, 7) is 0.522. The molecule has 0 saturated heterocycles. The van der Waals surface area contributed by atoms with E-state index in [9.17, 15) is 4.79 Å². The average Bonchev–Trinajstić information content (AvgIpc) is 2.67. The maximum Gasteiger partial charge on any atom is 0.273 e. The highest BCUT2D eigenvalue weighted by molar-refractivity contribution is 5.86. The zero-order valence-corrected chi connectivity index (χ0v) is 14.2. The Morgan fingerprint density at radius 3 is 2.80 bits per heavy atom. The zero-order valence-electron chi connectivity index (χ0n) is 14.2. The maximum absolute atomic E-state index is 12.4. The second kappa shape index (κ2) is 7.81. The first kappa shape index (κ1) is 17.0. The van der Waals surface area contributed by atoms with Gasteiger partial charge in [-0.25, -0.2) is 5.43 Å². The van der Waals surface area contributed by atoms with E-state index in [1.165, 1.54) is 0 Å². The van der Waals surface area contributed by atoms with Crippen molar-refractivity contribution in [1.82, 2.24) is 5.43 Å². The van der Waals surface area contributed by atoms with Gasteiger partial charge in [0.25, 0.3) is 5.91 Å². The van der Waals surface area contributed by atoms with Crippen molar-refractivity contribution in [2.45, 2.75) is 12.5 Å². The maximum atomic E-state index is 12.4. The molecule has 0 saturated carbocycles. The van der Waals surface area contributed by atoms with E-state index in [-0.39, 0.29) is 5.91 Å². The summed E-state index contributed by atoms with van der Waals surface area (Å²) in [6, 6.07) is 13.2. The van der Waals surface area contributed by atoms with Crippen LogP contribution in [0.4, 0.5) is 0 Å². The molecule has 0 spiro atoms. The van der Waals surface area contributed by atoms with Gasteiger partial charge in [0.1, 0.15) is 0 Å². The Kier molecular flexibility index (Phi) is 5.30. The van der Waals surface area contributed by atoms with Crippen molar-refractivity contribution in [3.05, 3.63) is 59.2 Å². The van der Waals surface area contributed by atoms with Crippen molar-refractivity contribution in [2.24, 2.45) is 5.10 Å². The summed E-state index contributed by atoms with van der Waals surface area (Å²) in [5.41, 5.74) is 5.35. The van der Waals surface area contributed by atoms with Gasteiger partial charge in [0.05, 0.1) is 27.0 Å². The Hall–Kier alpha value is -2.86. The summed E-state index contributed by atoms with van der Waals surface area (Å²) in [5, 5.41) is 4.02. The first-order chi connectivity index (χ1) is 12.2. The molecule has 1 amide bonds. The fraction of sp³-hybridized carbons (Fsp3) is 0.263. The lowest BCUT2D eigenvalue weighted by molar-refractivity contribution is -0.134. The highest BCUT2D eigenvalue weighted by Crippen LogP contribution is 2.28. The van der Waals surface area contributed by atoms with Crippen molar-refractivity contribution < 1.29 is 19.0 Å². The number of fused-ring (bicyclic) bond motifs is 1. The second-order valence-electron chi connectivity index (χ2n) is 5.55. The van der Waals surface area contributed by atoms with Crippen LogP contribution in [0, 0.1) is 0 Å². The van der Waals surface area contributed by atoms with Crippen LogP contribution >= 0.6 is 0 Å². The lowest BCUT2D eigenvalue weighted by Crippen LogP contribution is -2.31. The van der Waals surface area contributed by atoms with Gasteiger partial charge < -0.3 is 14.2 Å². The molecule has 0 radical (unpaired) electrons. The Morgan fingerprint density at radius 2 is 2.00 bits per heavy atom. The highest BCUT2D eigenvalue weighted by atomic mass is 16.5. The number of hydrazone groups is 1. The number of benzene rings is 2. The highest BCUT2D eigenvalue weighted by Gasteiger charge is 2.26. The van der Waals surface area contributed by atoms with Crippen LogP contribution < -0.4 is 14.9 Å². The molecule has 0 bridgehead atoms. The molecule has 1 aliphatic rings. The molecule has 1 unspecified atom stereocenters. The van der Waals surface area contributed by atoms with Gasteiger partial charge in [0, 0.05) is 0 Å². The summed E-state index contributed by atoms with van der Waals surface area (Å²) in [4.78, 5) is 12.4. The van der Waals surface area contributed by atoms with E-state index in [0.29, 0.717) is 18.1 Å². The smallest absolute Gasteiger partial charge is 0.273 e. The minimum absolute atomic E-state index is 0.288. The molecule has 25 heavy (non-hydrogen) atoms. The fourth-order valence-corrected chi connectivity index (χ4v) is 2.77. The predicted molar refractivity (Wildman–Crippen MR) is 94.1 cm³/mol. The standard InChI is InChI=1S/C19H20N2O4/c1-23-16-8-7-13(11-17(16)24-2)12-20-21-19(22)18-15-6-4-3-5-14(15)9-10-25-18/h3-8,11-12,18H,9-10H2,1-2H3,(H,21,22)/b20-12-. The molecular formula is C19H20N2O4. The van der Waals surface area contributed by atoms with Gasteiger partial charge in [0.2, 0.25) is 0 Å². The van der Waals surface area contributed by atoms with E-state index in [1.54, 1.807) is 32.6 Å². The van der Waals surface area contributed by atoms with Crippen molar-refractivity contribution >= 4 is 12.1 Å². The van der Waals surface area contributed by atoms with Crippen LogP contribution in [0.1, 0.15) is 22.8 Å². The number of rotatable bonds is 5. The normalized spacial score (nSPS) is 16.3. The third-order valence-corrected chi connectivity index (χ3v) is 4.03. The molecule has 1 N–H and O–H groups in total. The van der Waals surface area contributed by atoms with Crippen molar-refractivity contribution in [2.75, 3.05) is 20.8 Å². The summed E-state index contributed by atoms with van der Waals surface area (Å²) in [7, 11) is 3.15. The molecule has 3 rings (SSSR count). The summed E-state index contributed by atoms with van der Waals surface area (Å²) in [6.07, 6.45) is 1.73. The molecule has 2 aromatic rings. The van der Waals surface area contributed by atoms with Gasteiger partial charge in [-0.2, -0.15) is 5.10 Å². The van der Waals surface area contributed by atoms with E-state index in [1.807, 2.05) is 30.3 Å². The van der Waals surface area contributed by atoms with Gasteiger partial charge in [-0.1, -0.05) is 24.3 Å². The number of carbonyl (C=O) groups is 1. The molecule has 0 fully saturated rings. The molecule has 0 aliphatic carbocycles. The minimum atomic E-state index is -0.632. The fourth-order valence-electron chi connectivity index (χ4n) is 2.77. The molecule has 1 heterocycles. The Balaban J connectivity index is 1.68. The third-order valence-electron chi connectivity index (χ3n) is 4.03. The quantitative estimate of drug-likeness (QED) is 0.671. The SMILES string of the molecule is COc1ccc(/C=N\NC(=O)C2OCCc3ccccc32)cc1OC. The number of hydrogen-bond donors (Lipinski definition) is 1. The number of amides is 1. The minimum Gasteiger partial charge on any atom is -0.493 e. The largest absolute Gasteiger partial charge is 0.493 e. The van der Waals surface area contributed by atoms with Crippen LogP contribution in [-0.2, 0) is 16.0 Å². The molecule has 130 valence electrons. The molecular weight excluding hydrogens is 320 g/mol. The van der Waals surface area contributed by atoms with Crippen LogP contribution in [0.15, 0.2) is 47.6 Å². The molecule has 2 aromatic carbocycles. The van der Waals surface area contributed by atoms with E-state index in [4.69, 9.17) is 14.2 Å². The Morgan fingerprint density at radius 1 is 1.20 bits per heavy atom. The van der Waals surface area contributed by atoms with Gasteiger partial charge in [-0.3, -0.25) is 4.79 Å². The van der Waals surface area contributed by atoms with Gasteiger partial charge in [-0.05, 0) is 41.3 Å². The van der Waals surface area contributed by atoms with Gasteiger partial charge in [-0.15, -0.1) is 0 Å². The van der Waals surface area contributed by atoms with E-state index in [2.05, 4.69) is 10.5 Å². The second-order valence-corrected chi connectivity index (χ2v) is 5.55. The van der Waals surface area contributed by atoms with Gasteiger partial charge in [0.15, 0.2) is 17.6 Å². The van der Waals surface area contributed by atoms with E-state index >= 15 is 0 Å². The number of nitrogens with zero attached hydrogens (tertiary/aromatic N) is 1. The van der Waals surface area contributed by atoms with Crippen molar-refractivity contribution in [3.63, 3.8) is 0 Å². The lowest BCUT2D eigenvalue weighted by atomic mass is 9.97. The first-order valence-electron chi connectivity index (χ1n) is 7.97. The third kappa shape index (κ3) is 3.80. The van der Waals surface area contributed by atoms with E-state index in [0.717, 1.165) is 23.1 Å². The van der Waals surface area contributed by atoms with Crippen LogP contribution in [0.2, 0.25) is 0 Å². The van der Waals surface area contributed by atoms with E-state index < -0.39 is 6.10 Å². The van der Waals surface area contributed by atoms with Crippen molar-refractivity contribution in [1.29, 1.82) is 0 Å². The lowest BCUT2D eigenvalue weighted by Gasteiger charge is -2.24. The number of ether oxygens (including phenoxy) is 3. The first-order valence-corrected chi connectivity index (χ1v) is 7.97. The number of hydrogen-bond acceptors (Lipinski definition) is 5. The van der Waals surface area contributed by atoms with Crippen LogP contribution in [0.3, 0.4) is 0 Å². The number of nitrogens with one attached hydrogen (secondary N) is 1.